The second kappa shape index (κ2) is 16.1. The van der Waals surface area contributed by atoms with Crippen LogP contribution in [0.1, 0.15) is 0 Å². The first-order valence-electron chi connectivity index (χ1n) is 26.5. The number of hydrogen-bond donors (Lipinski definition) is 0. The van der Waals surface area contributed by atoms with Gasteiger partial charge in [-0.05, 0) is 120 Å². The minimum absolute atomic E-state index is 1.14. The molecular formula is C72H46N4S. The highest BCUT2D eigenvalue weighted by atomic mass is 32.3. The Hall–Kier alpha value is -9.81. The van der Waals surface area contributed by atoms with Gasteiger partial charge >= 0.3 is 0 Å². The molecule has 0 N–H and O–H groups in total. The lowest BCUT2D eigenvalue weighted by Crippen LogP contribution is -2.02. The van der Waals surface area contributed by atoms with Gasteiger partial charge in [-0.3, -0.25) is 0 Å². The van der Waals surface area contributed by atoms with Crippen molar-refractivity contribution in [2.45, 2.75) is 19.6 Å². The predicted octanol–water partition coefficient (Wildman–Crippen LogP) is 19.4. The molecule has 0 saturated carbocycles. The summed E-state index contributed by atoms with van der Waals surface area (Å²) in [6.07, 6.45) is 0. The van der Waals surface area contributed by atoms with E-state index >= 15 is 0 Å². The largest absolute Gasteiger partial charge is 0.307 e. The van der Waals surface area contributed by atoms with Crippen LogP contribution in [0.4, 0.5) is 0 Å². The highest BCUT2D eigenvalue weighted by molar-refractivity contribution is 8.34. The minimum atomic E-state index is -2.13. The van der Waals surface area contributed by atoms with Crippen molar-refractivity contribution >= 4 is 97.3 Å². The highest BCUT2D eigenvalue weighted by Crippen LogP contribution is 2.80. The van der Waals surface area contributed by atoms with Crippen LogP contribution in [-0.2, 0) is 0 Å². The Labute approximate surface area is 445 Å². The first-order chi connectivity index (χ1) is 38.3. The summed E-state index contributed by atoms with van der Waals surface area (Å²) in [5.74, 6) is 0. The van der Waals surface area contributed by atoms with Crippen LogP contribution >= 0.6 is 10.0 Å². The first kappa shape index (κ1) is 42.5. The zero-order chi connectivity index (χ0) is 50.3. The summed E-state index contributed by atoms with van der Waals surface area (Å²) in [7, 11) is -2.13. The summed E-state index contributed by atoms with van der Waals surface area (Å²) in [5, 5.41) is 9.89. The molecule has 12 aromatic carbocycles. The van der Waals surface area contributed by atoms with Gasteiger partial charge in [0.2, 0.25) is 0 Å². The average molecular weight is 999 g/mol. The average Bonchev–Trinajstić information content (AvgIpc) is 4.49. The van der Waals surface area contributed by atoms with E-state index in [1.54, 1.807) is 0 Å². The molecule has 0 saturated heterocycles. The van der Waals surface area contributed by atoms with E-state index in [1.807, 2.05) is 0 Å². The Morgan fingerprint density at radius 3 is 0.857 bits per heavy atom. The molecule has 0 bridgehead atoms. The van der Waals surface area contributed by atoms with Gasteiger partial charge < -0.3 is 18.3 Å². The van der Waals surface area contributed by atoms with Crippen LogP contribution in [0.15, 0.2) is 299 Å². The van der Waals surface area contributed by atoms with Crippen LogP contribution < -0.4 is 0 Å². The third-order valence-corrected chi connectivity index (χ3v) is 20.5. The predicted molar refractivity (Wildman–Crippen MR) is 323 cm³/mol. The number of nitrogens with zero attached hydrogens (tertiary/aromatic N) is 4. The summed E-state index contributed by atoms with van der Waals surface area (Å²) in [6.45, 7) is 0. The lowest BCUT2D eigenvalue weighted by molar-refractivity contribution is 1.15. The standard InChI is InChI=1S/C72H46N4S/c1-5-21-47(22-6-1)73-63-33-17-13-29-53(63)57-39-41-59-61-45-51(37-43-65(61)75(71(59)69(57)73)49-25-9-3-10-26-49)77(67-35-19-15-31-55(67)56-32-16-20-36-68(56)77)52-38-44-66-62(46-52)60-42-40-58-54-30-14-18-34-64(54)74(48-23-7-2-8-24-48)70(58)72(60)76(66)50-27-11-4-12-28-50/h1-46H. The van der Waals surface area contributed by atoms with Gasteiger partial charge in [-0.15, -0.1) is 10.0 Å². The van der Waals surface area contributed by atoms with E-state index in [9.17, 15) is 0 Å². The Bertz CT molecular complexity index is 4760. The molecule has 1 aliphatic rings. The topological polar surface area (TPSA) is 19.7 Å². The van der Waals surface area contributed by atoms with E-state index in [2.05, 4.69) is 297 Å². The molecule has 360 valence electrons. The van der Waals surface area contributed by atoms with Crippen molar-refractivity contribution in [3.63, 3.8) is 0 Å². The number of hydrogen-bond acceptors (Lipinski definition) is 0. The lowest BCUT2D eigenvalue weighted by Gasteiger charge is -2.39. The van der Waals surface area contributed by atoms with Crippen LogP contribution in [-0.4, -0.2) is 18.3 Å². The summed E-state index contributed by atoms with van der Waals surface area (Å²) in [4.78, 5) is 5.38. The Kier molecular flexibility index (Phi) is 8.89. The minimum Gasteiger partial charge on any atom is -0.307 e. The van der Waals surface area contributed by atoms with Gasteiger partial charge in [-0.25, -0.2) is 0 Å². The van der Waals surface area contributed by atoms with Gasteiger partial charge in [0.1, 0.15) is 0 Å². The molecule has 5 heterocycles. The molecule has 0 fully saturated rings. The fourth-order valence-corrected chi connectivity index (χ4v) is 17.7. The van der Waals surface area contributed by atoms with E-state index in [1.165, 1.54) is 118 Å². The van der Waals surface area contributed by atoms with Gasteiger partial charge in [-0.1, -0.05) is 170 Å². The van der Waals surface area contributed by atoms with E-state index in [0.717, 1.165) is 22.7 Å². The van der Waals surface area contributed by atoms with Gasteiger partial charge in [0, 0.05) is 85.4 Å². The molecule has 0 amide bonds. The number of fused-ring (bicyclic) bond motifs is 17. The summed E-state index contributed by atoms with van der Waals surface area (Å²) < 4.78 is 10.0. The van der Waals surface area contributed by atoms with Crippen LogP contribution in [0.2, 0.25) is 0 Å². The number of rotatable bonds is 6. The zero-order valence-corrected chi connectivity index (χ0v) is 42.6. The molecule has 0 spiro atoms. The fraction of sp³-hybridized carbons (Fsp3) is 0. The summed E-state index contributed by atoms with van der Waals surface area (Å²) in [6, 6.07) is 104. The molecule has 1 aliphatic heterocycles. The van der Waals surface area contributed by atoms with Crippen molar-refractivity contribution in [3.8, 4) is 33.9 Å². The van der Waals surface area contributed by atoms with Crippen LogP contribution in [0.5, 0.6) is 0 Å². The van der Waals surface area contributed by atoms with Crippen molar-refractivity contribution in [1.82, 2.24) is 18.3 Å². The molecule has 0 atom stereocenters. The number of benzene rings is 12. The maximum atomic E-state index is 2.58. The molecule has 0 radical (unpaired) electrons. The van der Waals surface area contributed by atoms with Crippen molar-refractivity contribution < 1.29 is 0 Å². The SMILES string of the molecule is c1ccc(-n2c3ccccc3c3ccc4c5cc(S6(c7ccc8c(c7)c7ccc9c%10ccccc%10n(-c%10ccccc%10)c9c7n8-c7ccccc7)c7ccccc7-c7ccccc76)ccc5n(-c5ccccc5)c4c32)cc1. The van der Waals surface area contributed by atoms with Crippen molar-refractivity contribution in [1.29, 1.82) is 0 Å². The third-order valence-electron chi connectivity index (χ3n) is 16.6. The molecule has 4 aromatic heterocycles. The van der Waals surface area contributed by atoms with E-state index in [-0.39, 0.29) is 0 Å². The van der Waals surface area contributed by atoms with Gasteiger partial charge in [-0.2, -0.15) is 0 Å². The Morgan fingerprint density at radius 1 is 0.208 bits per heavy atom. The highest BCUT2D eigenvalue weighted by Gasteiger charge is 2.42. The smallest absolute Gasteiger partial charge is 0.0788 e. The molecule has 5 heteroatoms. The second-order valence-electron chi connectivity index (χ2n) is 20.4. The van der Waals surface area contributed by atoms with Crippen LogP contribution in [0.25, 0.3) is 121 Å². The Balaban J connectivity index is 1.01. The maximum absolute atomic E-state index is 2.58. The van der Waals surface area contributed by atoms with Crippen molar-refractivity contribution in [2.75, 3.05) is 0 Å². The molecular weight excluding hydrogens is 953 g/mol. The normalized spacial score (nSPS) is 13.5. The quantitative estimate of drug-likeness (QED) is 0.158. The molecule has 4 nitrogen and oxygen atoms in total. The number of para-hydroxylation sites is 6. The summed E-state index contributed by atoms with van der Waals surface area (Å²) >= 11 is 0. The summed E-state index contributed by atoms with van der Waals surface area (Å²) in [5.41, 5.74) is 16.7. The van der Waals surface area contributed by atoms with Crippen molar-refractivity contribution in [3.05, 3.63) is 279 Å². The fourth-order valence-electron chi connectivity index (χ4n) is 13.5. The van der Waals surface area contributed by atoms with E-state index in [0.29, 0.717) is 0 Å². The van der Waals surface area contributed by atoms with Gasteiger partial charge in [0.15, 0.2) is 0 Å². The molecule has 16 aromatic rings. The molecule has 0 unspecified atom stereocenters. The molecule has 0 aliphatic carbocycles. The number of aromatic nitrogens is 4. The van der Waals surface area contributed by atoms with Crippen molar-refractivity contribution in [2.24, 2.45) is 0 Å². The third kappa shape index (κ3) is 5.73. The molecule has 17 rings (SSSR count). The van der Waals surface area contributed by atoms with Crippen LogP contribution in [0.3, 0.4) is 0 Å². The maximum Gasteiger partial charge on any atom is 0.0788 e. The molecule has 77 heavy (non-hydrogen) atoms. The first-order valence-corrected chi connectivity index (χ1v) is 28.1. The lowest BCUT2D eigenvalue weighted by atomic mass is 10.1. The Morgan fingerprint density at radius 2 is 0.494 bits per heavy atom. The van der Waals surface area contributed by atoms with E-state index < -0.39 is 10.0 Å². The van der Waals surface area contributed by atoms with Gasteiger partial charge in [0.25, 0.3) is 0 Å². The van der Waals surface area contributed by atoms with Crippen LogP contribution in [0, 0.1) is 0 Å². The van der Waals surface area contributed by atoms with E-state index in [4.69, 9.17) is 0 Å². The second-order valence-corrected chi connectivity index (χ2v) is 23.4. The zero-order valence-electron chi connectivity index (χ0n) is 41.8. The monoisotopic (exact) mass is 998 g/mol. The van der Waals surface area contributed by atoms with Gasteiger partial charge in [0.05, 0.1) is 44.1 Å².